The molecule has 0 aliphatic carbocycles. The van der Waals surface area contributed by atoms with Crippen molar-refractivity contribution in [3.8, 4) is 5.75 Å². The number of likely N-dealkylation sites (tertiary alicyclic amines) is 1. The van der Waals surface area contributed by atoms with E-state index >= 15 is 0 Å². The minimum Gasteiger partial charge on any atom is -0.507 e. The van der Waals surface area contributed by atoms with Crippen molar-refractivity contribution in [3.63, 3.8) is 0 Å². The van der Waals surface area contributed by atoms with E-state index in [2.05, 4.69) is 6.58 Å². The van der Waals surface area contributed by atoms with Gasteiger partial charge in [0.1, 0.15) is 18.1 Å². The van der Waals surface area contributed by atoms with E-state index in [1.807, 2.05) is 0 Å². The molecule has 1 saturated heterocycles. The van der Waals surface area contributed by atoms with Gasteiger partial charge in [-0.2, -0.15) is 0 Å². The normalized spacial score (nSPS) is 17.7. The number of nitrogens with zero attached hydrogens (tertiary/aromatic N) is 2. The van der Waals surface area contributed by atoms with E-state index in [1.165, 1.54) is 50.4 Å². The number of aliphatic hydroxyl groups excluding tert-OH is 1. The molecule has 0 bridgehead atoms. The van der Waals surface area contributed by atoms with Crippen molar-refractivity contribution >= 4 is 27.5 Å². The minimum atomic E-state index is -3.67. The summed E-state index contributed by atoms with van der Waals surface area (Å²) in [6.45, 7) is 4.27. The van der Waals surface area contributed by atoms with Gasteiger partial charge in [0, 0.05) is 33.3 Å². The number of aliphatic hydroxyl groups is 1. The number of hydrogen-bond acceptors (Lipinski definition) is 7. The second-order valence-electron chi connectivity index (χ2n) is 7.97. The maximum atomic E-state index is 13.0. The third-order valence-corrected chi connectivity index (χ3v) is 7.38. The Morgan fingerprint density at radius 3 is 2.29 bits per heavy atom. The van der Waals surface area contributed by atoms with Crippen LogP contribution in [0, 0.1) is 0 Å². The predicted octanol–water partition coefficient (Wildman–Crippen LogP) is 2.57. The Labute approximate surface area is 204 Å². The van der Waals surface area contributed by atoms with Gasteiger partial charge in [-0.05, 0) is 42.0 Å². The molecule has 9 nitrogen and oxygen atoms in total. The number of Topliss-reactive ketones (excluding diaryl/α,β-unsaturated/α-hetero) is 1. The zero-order valence-corrected chi connectivity index (χ0v) is 20.6. The van der Waals surface area contributed by atoms with Crippen molar-refractivity contribution in [2.45, 2.75) is 10.9 Å². The highest BCUT2D eigenvalue weighted by Crippen LogP contribution is 2.39. The van der Waals surface area contributed by atoms with Gasteiger partial charge in [0.05, 0.1) is 23.1 Å². The summed E-state index contributed by atoms with van der Waals surface area (Å²) in [5.41, 5.74) is 0.720. The van der Waals surface area contributed by atoms with Crippen LogP contribution in [-0.2, 0) is 24.3 Å². The Morgan fingerprint density at radius 2 is 1.74 bits per heavy atom. The number of methoxy groups -OCH3 is 1. The van der Waals surface area contributed by atoms with Crippen molar-refractivity contribution in [2.75, 3.05) is 41.0 Å². The summed E-state index contributed by atoms with van der Waals surface area (Å²) in [4.78, 5) is 27.3. The van der Waals surface area contributed by atoms with Crippen molar-refractivity contribution < 1.29 is 32.6 Å². The number of amides is 1. The van der Waals surface area contributed by atoms with Crippen molar-refractivity contribution in [1.29, 1.82) is 0 Å². The van der Waals surface area contributed by atoms with Crippen LogP contribution in [0.5, 0.6) is 5.75 Å². The van der Waals surface area contributed by atoms with Gasteiger partial charge in [0.25, 0.3) is 11.7 Å². The molecular formula is C25H28N2O7S. The number of carbonyl (C=O) groups excluding carboxylic acids is 2. The summed E-state index contributed by atoms with van der Waals surface area (Å²) in [5, 5.41) is 11.1. The van der Waals surface area contributed by atoms with E-state index < -0.39 is 33.5 Å². The van der Waals surface area contributed by atoms with Crippen molar-refractivity contribution in [1.82, 2.24) is 9.21 Å². The van der Waals surface area contributed by atoms with E-state index in [1.54, 1.807) is 30.3 Å². The average Bonchev–Trinajstić information content (AvgIpc) is 3.10. The maximum Gasteiger partial charge on any atom is 0.295 e. The van der Waals surface area contributed by atoms with E-state index in [4.69, 9.17) is 9.47 Å². The molecule has 2 aromatic rings. The van der Waals surface area contributed by atoms with Gasteiger partial charge >= 0.3 is 0 Å². The molecule has 0 saturated carbocycles. The molecule has 0 unspecified atom stereocenters. The van der Waals surface area contributed by atoms with Crippen LogP contribution in [0.25, 0.3) is 5.76 Å². The number of benzene rings is 2. The predicted molar refractivity (Wildman–Crippen MR) is 130 cm³/mol. The van der Waals surface area contributed by atoms with E-state index in [0.29, 0.717) is 17.9 Å². The van der Waals surface area contributed by atoms with E-state index in [-0.39, 0.29) is 29.2 Å². The highest BCUT2D eigenvalue weighted by molar-refractivity contribution is 7.89. The van der Waals surface area contributed by atoms with Gasteiger partial charge in [0.15, 0.2) is 0 Å². The fourth-order valence-corrected chi connectivity index (χ4v) is 4.60. The molecule has 1 atom stereocenters. The lowest BCUT2D eigenvalue weighted by Crippen LogP contribution is -2.32. The summed E-state index contributed by atoms with van der Waals surface area (Å²) in [7, 11) is 0.650. The first kappa shape index (κ1) is 26.1. The number of sulfonamides is 1. The van der Waals surface area contributed by atoms with E-state index in [9.17, 15) is 23.1 Å². The highest BCUT2D eigenvalue weighted by Gasteiger charge is 2.45. The van der Waals surface area contributed by atoms with Crippen LogP contribution in [0.4, 0.5) is 0 Å². The fourth-order valence-electron chi connectivity index (χ4n) is 3.70. The zero-order valence-electron chi connectivity index (χ0n) is 19.8. The highest BCUT2D eigenvalue weighted by atomic mass is 32.2. The summed E-state index contributed by atoms with van der Waals surface area (Å²) < 4.78 is 36.4. The Hall–Kier alpha value is -3.47. The quantitative estimate of drug-likeness (QED) is 0.231. The van der Waals surface area contributed by atoms with Gasteiger partial charge in [0.2, 0.25) is 10.0 Å². The number of rotatable bonds is 10. The third-order valence-electron chi connectivity index (χ3n) is 5.55. The molecule has 1 amide bonds. The van der Waals surface area contributed by atoms with Crippen LogP contribution >= 0.6 is 0 Å². The number of ether oxygens (including phenoxy) is 2. The monoisotopic (exact) mass is 500 g/mol. The summed E-state index contributed by atoms with van der Waals surface area (Å²) in [5.74, 6) is -1.40. The first-order chi connectivity index (χ1) is 16.6. The van der Waals surface area contributed by atoms with Crippen LogP contribution in [-0.4, -0.2) is 75.4 Å². The standard InChI is InChI=1S/C25H28N2O7S/c1-5-15-34-19-10-6-17(7-11-19)22-21(24(29)25(30)27(22)14-16-33-4)23(28)18-8-12-20(13-9-18)35(31,32)26(2)3/h5-13,22,28H,1,14-16H2,2-4H3/t22-/m0/s1. The molecule has 1 fully saturated rings. The van der Waals surface area contributed by atoms with Crippen molar-refractivity contribution in [2.24, 2.45) is 0 Å². The Bertz CT molecular complexity index is 1230. The molecule has 1 N–H and O–H groups in total. The molecule has 35 heavy (non-hydrogen) atoms. The van der Waals surface area contributed by atoms with Crippen LogP contribution in [0.15, 0.2) is 71.7 Å². The van der Waals surface area contributed by atoms with Crippen LogP contribution in [0.1, 0.15) is 17.2 Å². The average molecular weight is 501 g/mol. The second-order valence-corrected chi connectivity index (χ2v) is 10.1. The summed E-state index contributed by atoms with van der Waals surface area (Å²) in [6, 6.07) is 11.5. The van der Waals surface area contributed by atoms with Gasteiger partial charge in [-0.1, -0.05) is 24.8 Å². The topological polar surface area (TPSA) is 113 Å². The van der Waals surface area contributed by atoms with Crippen LogP contribution in [0.2, 0.25) is 0 Å². The summed E-state index contributed by atoms with van der Waals surface area (Å²) in [6.07, 6.45) is 1.61. The minimum absolute atomic E-state index is 0.0336. The lowest BCUT2D eigenvalue weighted by Gasteiger charge is -2.25. The van der Waals surface area contributed by atoms with E-state index in [0.717, 1.165) is 4.31 Å². The molecule has 3 rings (SSSR count). The third kappa shape index (κ3) is 5.29. The molecule has 0 spiro atoms. The summed E-state index contributed by atoms with van der Waals surface area (Å²) >= 11 is 0. The van der Waals surface area contributed by atoms with Crippen LogP contribution in [0.3, 0.4) is 0 Å². The van der Waals surface area contributed by atoms with Gasteiger partial charge in [-0.25, -0.2) is 12.7 Å². The van der Waals surface area contributed by atoms with Gasteiger partial charge < -0.3 is 19.5 Å². The molecule has 1 aliphatic rings. The molecule has 0 aromatic heterocycles. The lowest BCUT2D eigenvalue weighted by atomic mass is 9.95. The molecule has 2 aromatic carbocycles. The maximum absolute atomic E-state index is 13.0. The van der Waals surface area contributed by atoms with Crippen molar-refractivity contribution in [3.05, 3.63) is 77.9 Å². The lowest BCUT2D eigenvalue weighted by molar-refractivity contribution is -0.140. The Kier molecular flexibility index (Phi) is 8.11. The SMILES string of the molecule is C=CCOc1ccc([C@H]2C(=C(O)c3ccc(S(=O)(=O)N(C)C)cc3)C(=O)C(=O)N2CCOC)cc1. The molecule has 10 heteroatoms. The second kappa shape index (κ2) is 10.9. The zero-order chi connectivity index (χ0) is 25.8. The largest absolute Gasteiger partial charge is 0.507 e. The smallest absolute Gasteiger partial charge is 0.295 e. The van der Waals surface area contributed by atoms with Gasteiger partial charge in [-0.15, -0.1) is 0 Å². The molecule has 1 aliphatic heterocycles. The number of ketones is 1. The Morgan fingerprint density at radius 1 is 1.11 bits per heavy atom. The first-order valence-corrected chi connectivity index (χ1v) is 12.2. The molecule has 1 heterocycles. The Balaban J connectivity index is 2.08. The fraction of sp³-hybridized carbons (Fsp3) is 0.280. The molecule has 186 valence electrons. The first-order valence-electron chi connectivity index (χ1n) is 10.8. The number of hydrogen-bond donors (Lipinski definition) is 1. The number of carbonyl (C=O) groups is 2. The van der Waals surface area contributed by atoms with Gasteiger partial charge in [-0.3, -0.25) is 9.59 Å². The molecule has 0 radical (unpaired) electrons. The molecular weight excluding hydrogens is 472 g/mol. The van der Waals surface area contributed by atoms with Crippen LogP contribution < -0.4 is 4.74 Å².